The molecule has 23 heavy (non-hydrogen) atoms. The largest absolute Gasteiger partial charge is 0.301 e. The van der Waals surface area contributed by atoms with Crippen LogP contribution < -0.4 is 11.0 Å². The molecule has 2 aromatic rings. The molecule has 0 aliphatic rings. The Morgan fingerprint density at radius 2 is 2.04 bits per heavy atom. The number of nitrogens with one attached hydrogen (secondary N) is 1. The number of halogens is 1. The maximum atomic E-state index is 11.9. The SMILES string of the molecule is Cc1c(C=NNC(=O)c2ccccc2)c(Cl)n(C)c(=O)c1C#N. The number of hydrazone groups is 1. The van der Waals surface area contributed by atoms with Gasteiger partial charge in [0.05, 0.1) is 6.21 Å². The van der Waals surface area contributed by atoms with Crippen LogP contribution in [0.15, 0.2) is 40.2 Å². The van der Waals surface area contributed by atoms with Gasteiger partial charge in [-0.3, -0.25) is 9.59 Å². The lowest BCUT2D eigenvalue weighted by Crippen LogP contribution is -2.24. The first kappa shape index (κ1) is 16.5. The third-order valence-electron chi connectivity index (χ3n) is 3.32. The second-order valence-corrected chi connectivity index (χ2v) is 5.10. The molecule has 0 aliphatic carbocycles. The number of carbonyl (C=O) groups is 1. The summed E-state index contributed by atoms with van der Waals surface area (Å²) in [4.78, 5) is 23.8. The summed E-state index contributed by atoms with van der Waals surface area (Å²) >= 11 is 6.11. The highest BCUT2D eigenvalue weighted by atomic mass is 35.5. The van der Waals surface area contributed by atoms with Gasteiger partial charge in [-0.15, -0.1) is 0 Å². The average molecular weight is 329 g/mol. The quantitative estimate of drug-likeness (QED) is 0.531. The predicted octanol–water partition coefficient (Wildman–Crippen LogP) is 1.98. The van der Waals surface area contributed by atoms with E-state index in [1.165, 1.54) is 13.3 Å². The Morgan fingerprint density at radius 3 is 2.65 bits per heavy atom. The van der Waals surface area contributed by atoms with Gasteiger partial charge in [0, 0.05) is 18.2 Å². The lowest BCUT2D eigenvalue weighted by Gasteiger charge is -2.09. The molecule has 0 aliphatic heterocycles. The maximum absolute atomic E-state index is 11.9. The van der Waals surface area contributed by atoms with Gasteiger partial charge in [-0.05, 0) is 24.6 Å². The topological polar surface area (TPSA) is 87.2 Å². The Morgan fingerprint density at radius 1 is 1.39 bits per heavy atom. The molecule has 6 nitrogen and oxygen atoms in total. The normalized spacial score (nSPS) is 10.5. The Kier molecular flexibility index (Phi) is 4.94. The molecular formula is C16H13ClN4O2. The van der Waals surface area contributed by atoms with E-state index >= 15 is 0 Å². The van der Waals surface area contributed by atoms with Crippen LogP contribution in [0.2, 0.25) is 5.15 Å². The highest BCUT2D eigenvalue weighted by Crippen LogP contribution is 2.17. The van der Waals surface area contributed by atoms with E-state index in [9.17, 15) is 9.59 Å². The van der Waals surface area contributed by atoms with Crippen molar-refractivity contribution in [2.75, 3.05) is 0 Å². The van der Waals surface area contributed by atoms with Crippen molar-refractivity contribution in [3.05, 3.63) is 68.1 Å². The van der Waals surface area contributed by atoms with Crippen LogP contribution in [0.1, 0.15) is 27.0 Å². The van der Waals surface area contributed by atoms with Crippen LogP contribution in [0.3, 0.4) is 0 Å². The monoisotopic (exact) mass is 328 g/mol. The zero-order valence-electron chi connectivity index (χ0n) is 12.5. The first-order valence-corrected chi connectivity index (χ1v) is 7.02. The van der Waals surface area contributed by atoms with Gasteiger partial charge in [0.1, 0.15) is 16.8 Å². The summed E-state index contributed by atoms with van der Waals surface area (Å²) in [6, 6.07) is 10.5. The summed E-state index contributed by atoms with van der Waals surface area (Å²) in [7, 11) is 1.46. The molecule has 0 radical (unpaired) electrons. The Balaban J connectivity index is 2.31. The maximum Gasteiger partial charge on any atom is 0.271 e. The molecule has 7 heteroatoms. The van der Waals surface area contributed by atoms with Gasteiger partial charge in [-0.1, -0.05) is 29.8 Å². The van der Waals surface area contributed by atoms with Gasteiger partial charge in [-0.25, -0.2) is 5.43 Å². The van der Waals surface area contributed by atoms with Crippen molar-refractivity contribution in [3.63, 3.8) is 0 Å². The van der Waals surface area contributed by atoms with Crippen LogP contribution in [0, 0.1) is 18.3 Å². The molecule has 2 rings (SSSR count). The van der Waals surface area contributed by atoms with Crippen molar-refractivity contribution in [1.29, 1.82) is 5.26 Å². The number of nitrogens with zero attached hydrogens (tertiary/aromatic N) is 3. The van der Waals surface area contributed by atoms with Gasteiger partial charge in [0.25, 0.3) is 11.5 Å². The van der Waals surface area contributed by atoms with E-state index in [-0.39, 0.29) is 16.6 Å². The van der Waals surface area contributed by atoms with E-state index < -0.39 is 5.56 Å². The zero-order valence-corrected chi connectivity index (χ0v) is 13.3. The van der Waals surface area contributed by atoms with E-state index in [0.29, 0.717) is 16.7 Å². The summed E-state index contributed by atoms with van der Waals surface area (Å²) < 4.78 is 1.16. The van der Waals surface area contributed by atoms with Crippen molar-refractivity contribution in [1.82, 2.24) is 9.99 Å². The number of nitriles is 1. The number of hydrogen-bond donors (Lipinski definition) is 1. The molecule has 1 N–H and O–H groups in total. The molecule has 1 aromatic carbocycles. The van der Waals surface area contributed by atoms with Crippen molar-refractivity contribution in [2.45, 2.75) is 6.92 Å². The van der Waals surface area contributed by atoms with E-state index in [1.54, 1.807) is 37.3 Å². The minimum atomic E-state index is -0.472. The first-order valence-electron chi connectivity index (χ1n) is 6.65. The smallest absolute Gasteiger partial charge is 0.271 e. The number of carbonyl (C=O) groups excluding carboxylic acids is 1. The lowest BCUT2D eigenvalue weighted by atomic mass is 10.1. The van der Waals surface area contributed by atoms with Crippen LogP contribution in [-0.4, -0.2) is 16.7 Å². The molecule has 0 saturated heterocycles. The minimum Gasteiger partial charge on any atom is -0.301 e. The number of pyridine rings is 1. The van der Waals surface area contributed by atoms with E-state index in [4.69, 9.17) is 16.9 Å². The zero-order chi connectivity index (χ0) is 17.0. The molecule has 1 aromatic heterocycles. The van der Waals surface area contributed by atoms with Crippen LogP contribution in [-0.2, 0) is 7.05 Å². The highest BCUT2D eigenvalue weighted by Gasteiger charge is 2.15. The highest BCUT2D eigenvalue weighted by molar-refractivity contribution is 6.32. The van der Waals surface area contributed by atoms with Crippen molar-refractivity contribution < 1.29 is 4.79 Å². The number of aromatic nitrogens is 1. The van der Waals surface area contributed by atoms with Crippen LogP contribution in [0.5, 0.6) is 0 Å². The number of hydrogen-bond acceptors (Lipinski definition) is 4. The fourth-order valence-corrected chi connectivity index (χ4v) is 2.25. The lowest BCUT2D eigenvalue weighted by molar-refractivity contribution is 0.0955. The van der Waals surface area contributed by atoms with Gasteiger partial charge < -0.3 is 4.57 Å². The summed E-state index contributed by atoms with van der Waals surface area (Å²) in [5.41, 5.74) is 3.18. The van der Waals surface area contributed by atoms with E-state index in [1.807, 2.05) is 6.07 Å². The molecule has 0 spiro atoms. The third kappa shape index (κ3) is 3.30. The first-order chi connectivity index (χ1) is 11.0. The summed E-state index contributed by atoms with van der Waals surface area (Å²) in [6.07, 6.45) is 1.32. The molecule has 0 bridgehead atoms. The third-order valence-corrected chi connectivity index (χ3v) is 3.78. The van der Waals surface area contributed by atoms with Crippen molar-refractivity contribution in [3.8, 4) is 6.07 Å². The second-order valence-electron chi connectivity index (χ2n) is 4.75. The van der Waals surface area contributed by atoms with Crippen molar-refractivity contribution in [2.24, 2.45) is 12.1 Å². The molecule has 116 valence electrons. The van der Waals surface area contributed by atoms with E-state index in [2.05, 4.69) is 10.5 Å². The predicted molar refractivity (Wildman–Crippen MR) is 87.6 cm³/mol. The fourth-order valence-electron chi connectivity index (χ4n) is 1.98. The van der Waals surface area contributed by atoms with Gasteiger partial charge in [-0.2, -0.15) is 10.4 Å². The number of benzene rings is 1. The number of amides is 1. The van der Waals surface area contributed by atoms with Crippen LogP contribution in [0.25, 0.3) is 0 Å². The summed E-state index contributed by atoms with van der Waals surface area (Å²) in [5.74, 6) is -0.374. The molecule has 0 atom stereocenters. The standard InChI is InChI=1S/C16H13ClN4O2/c1-10-12(8-18)16(23)21(2)14(17)13(10)9-19-20-15(22)11-6-4-3-5-7-11/h3-7,9H,1-2H3,(H,20,22). The van der Waals surface area contributed by atoms with Gasteiger partial charge in [0.2, 0.25) is 0 Å². The summed E-state index contributed by atoms with van der Waals surface area (Å²) in [6.45, 7) is 1.60. The van der Waals surface area contributed by atoms with Gasteiger partial charge >= 0.3 is 0 Å². The van der Waals surface area contributed by atoms with Crippen molar-refractivity contribution >= 4 is 23.7 Å². The van der Waals surface area contributed by atoms with E-state index in [0.717, 1.165) is 4.57 Å². The molecule has 0 unspecified atom stereocenters. The van der Waals surface area contributed by atoms with Crippen LogP contribution in [0.4, 0.5) is 0 Å². The fraction of sp³-hybridized carbons (Fsp3) is 0.125. The summed E-state index contributed by atoms with van der Waals surface area (Å²) in [5, 5.41) is 13.1. The van der Waals surface area contributed by atoms with Crippen LogP contribution >= 0.6 is 11.6 Å². The molecule has 1 heterocycles. The number of rotatable bonds is 3. The Labute approximate surface area is 137 Å². The minimum absolute atomic E-state index is 0.00673. The second kappa shape index (κ2) is 6.90. The Hall–Kier alpha value is -2.91. The molecule has 0 fully saturated rings. The average Bonchev–Trinajstić information content (AvgIpc) is 2.57. The molecule has 1 amide bonds. The molecular weight excluding hydrogens is 316 g/mol. The molecule has 0 saturated carbocycles. The van der Waals surface area contributed by atoms with Gasteiger partial charge in [0.15, 0.2) is 0 Å². The Bertz CT molecular complexity index is 880.